The summed E-state index contributed by atoms with van der Waals surface area (Å²) in [7, 11) is 0. The molecule has 1 saturated heterocycles. The van der Waals surface area contributed by atoms with Crippen LogP contribution < -0.4 is 5.32 Å². The number of aliphatic hydroxyl groups excluding tert-OH is 4. The van der Waals surface area contributed by atoms with Crippen molar-refractivity contribution in [2.24, 2.45) is 40.4 Å². The van der Waals surface area contributed by atoms with E-state index in [1.165, 1.54) is 0 Å². The Kier molecular flexibility index (Phi) is 9.02. The van der Waals surface area contributed by atoms with Crippen molar-refractivity contribution in [3.63, 3.8) is 0 Å². The van der Waals surface area contributed by atoms with Crippen LogP contribution in [0.2, 0.25) is 0 Å². The molecule has 7 N–H and O–H groups in total. The maximum atomic E-state index is 11.6. The number of carboxylic acid groups (broad SMARTS) is 2. The molecule has 11 heteroatoms. The van der Waals surface area contributed by atoms with Crippen molar-refractivity contribution in [3.8, 4) is 0 Å². The molecule has 0 aromatic rings. The first-order valence-corrected chi connectivity index (χ1v) is 15.7. The van der Waals surface area contributed by atoms with Crippen molar-refractivity contribution in [1.29, 1.82) is 0 Å². The van der Waals surface area contributed by atoms with Crippen LogP contribution in [0.4, 0.5) is 4.79 Å². The molecule has 4 aliphatic carbocycles. The average Bonchev–Trinajstić information content (AvgIpc) is 3.29. The van der Waals surface area contributed by atoms with Crippen molar-refractivity contribution < 1.29 is 49.7 Å². The fraction of sp³-hybridized carbons (Fsp3) is 0.871. The van der Waals surface area contributed by atoms with Crippen molar-refractivity contribution in [1.82, 2.24) is 5.32 Å². The van der Waals surface area contributed by atoms with Gasteiger partial charge in [-0.05, 0) is 91.8 Å². The Morgan fingerprint density at radius 3 is 2.48 bits per heavy atom. The van der Waals surface area contributed by atoms with Crippen LogP contribution in [0.25, 0.3) is 0 Å². The quantitative estimate of drug-likeness (QED) is 0.206. The van der Waals surface area contributed by atoms with Crippen LogP contribution in [0.1, 0.15) is 78.6 Å². The minimum Gasteiger partial charge on any atom is -0.481 e. The van der Waals surface area contributed by atoms with Crippen LogP contribution in [-0.4, -0.2) is 92.2 Å². The predicted molar refractivity (Wildman–Crippen MR) is 150 cm³/mol. The molecule has 1 amide bonds. The second kappa shape index (κ2) is 12.0. The van der Waals surface area contributed by atoms with Gasteiger partial charge in [-0.2, -0.15) is 0 Å². The molecule has 4 fully saturated rings. The lowest BCUT2D eigenvalue weighted by Crippen LogP contribution is -2.66. The number of hydrogen-bond acceptors (Lipinski definition) is 8. The van der Waals surface area contributed by atoms with Gasteiger partial charge in [0.15, 0.2) is 6.29 Å². The normalized spacial score (nSPS) is 47.4. The number of aliphatic hydroxyl groups is 4. The molecule has 11 nitrogen and oxygen atoms in total. The van der Waals surface area contributed by atoms with E-state index in [0.717, 1.165) is 44.1 Å². The van der Waals surface area contributed by atoms with Crippen molar-refractivity contribution in [2.45, 2.75) is 121 Å². The van der Waals surface area contributed by atoms with Crippen molar-refractivity contribution in [3.05, 3.63) is 11.6 Å². The molecule has 1 aliphatic heterocycles. The topological polar surface area (TPSA) is 186 Å². The van der Waals surface area contributed by atoms with E-state index in [1.54, 1.807) is 0 Å². The molecule has 0 unspecified atom stereocenters. The van der Waals surface area contributed by atoms with Gasteiger partial charge < -0.3 is 45.4 Å². The van der Waals surface area contributed by atoms with E-state index >= 15 is 0 Å². The molecule has 238 valence electrons. The zero-order chi connectivity index (χ0) is 30.6. The lowest BCUT2D eigenvalue weighted by molar-refractivity contribution is -0.288. The van der Waals surface area contributed by atoms with E-state index in [4.69, 9.17) is 9.47 Å². The molecular formula is C31H49NO10. The molecule has 0 aromatic carbocycles. The first kappa shape index (κ1) is 31.7. The van der Waals surface area contributed by atoms with Gasteiger partial charge in [0.1, 0.15) is 24.4 Å². The standard InChI is InChI=1S/C31H49NO10/c1-15(4-7-23(35)36)18-5-6-19-24-20(9-11-31(18,19)3)30(2)10-8-17(34)12-16(30)13-21(24)41-28-25(32-29(39)40)27(38)26(37)22(14-33)42-28/h13,15,17-22,24-28,32-34,37-38H,4-12,14H2,1-3H3,(H,35,36)(H,39,40)/t15-,17+,18-,19+,20+,21+,22-,24+,25-,26-,27-,28-,30+,31-/m1/s1. The van der Waals surface area contributed by atoms with Gasteiger partial charge in [-0.15, -0.1) is 0 Å². The first-order valence-electron chi connectivity index (χ1n) is 15.7. The maximum absolute atomic E-state index is 11.6. The number of hydrogen-bond donors (Lipinski definition) is 7. The predicted octanol–water partition coefficient (Wildman–Crippen LogP) is 2.50. The summed E-state index contributed by atoms with van der Waals surface area (Å²) in [5.41, 5.74) is 1.01. The lowest BCUT2D eigenvalue weighted by Gasteiger charge is -2.60. The number of rotatable bonds is 8. The Balaban J connectivity index is 1.50. The van der Waals surface area contributed by atoms with Gasteiger partial charge in [0.2, 0.25) is 0 Å². The number of nitrogens with one attached hydrogen (secondary N) is 1. The van der Waals surface area contributed by atoms with E-state index in [9.17, 15) is 40.2 Å². The molecule has 42 heavy (non-hydrogen) atoms. The molecule has 5 rings (SSSR count). The summed E-state index contributed by atoms with van der Waals surface area (Å²) < 4.78 is 12.6. The highest BCUT2D eigenvalue weighted by Crippen LogP contribution is 2.67. The fourth-order valence-corrected chi connectivity index (χ4v) is 9.91. The molecule has 0 aromatic heterocycles. The first-order chi connectivity index (χ1) is 19.8. The largest absolute Gasteiger partial charge is 0.481 e. The van der Waals surface area contributed by atoms with Gasteiger partial charge in [-0.3, -0.25) is 4.79 Å². The molecule has 1 heterocycles. The van der Waals surface area contributed by atoms with Crippen molar-refractivity contribution in [2.75, 3.05) is 6.61 Å². The summed E-state index contributed by atoms with van der Waals surface area (Å²) in [5, 5.41) is 62.8. The molecule has 0 spiro atoms. The zero-order valence-corrected chi connectivity index (χ0v) is 24.9. The molecular weight excluding hydrogens is 546 g/mol. The van der Waals surface area contributed by atoms with Gasteiger partial charge in [-0.1, -0.05) is 32.4 Å². The van der Waals surface area contributed by atoms with Crippen LogP contribution in [0.15, 0.2) is 11.6 Å². The Bertz CT molecular complexity index is 1050. The van der Waals surface area contributed by atoms with Crippen LogP contribution in [-0.2, 0) is 14.3 Å². The number of fused-ring (bicyclic) bond motifs is 5. The molecule has 3 saturated carbocycles. The van der Waals surface area contributed by atoms with Crippen LogP contribution >= 0.6 is 0 Å². The Morgan fingerprint density at radius 2 is 1.81 bits per heavy atom. The Hall–Kier alpha value is -1.76. The summed E-state index contributed by atoms with van der Waals surface area (Å²) in [6.45, 7) is 6.25. The Morgan fingerprint density at radius 1 is 1.07 bits per heavy atom. The van der Waals surface area contributed by atoms with Gasteiger partial charge in [-0.25, -0.2) is 4.79 Å². The second-order valence-corrected chi connectivity index (χ2v) is 14.2. The second-order valence-electron chi connectivity index (χ2n) is 14.2. The average molecular weight is 596 g/mol. The van der Waals surface area contributed by atoms with E-state index in [0.29, 0.717) is 18.8 Å². The smallest absolute Gasteiger partial charge is 0.405 e. The summed E-state index contributed by atoms with van der Waals surface area (Å²) in [5.74, 6) is 0.461. The molecule has 14 atom stereocenters. The number of aliphatic carboxylic acids is 1. The third-order valence-corrected chi connectivity index (χ3v) is 12.1. The van der Waals surface area contributed by atoms with E-state index < -0.39 is 61.5 Å². The van der Waals surface area contributed by atoms with E-state index in [-0.39, 0.29) is 40.9 Å². The van der Waals surface area contributed by atoms with Crippen LogP contribution in [0.3, 0.4) is 0 Å². The third-order valence-electron chi connectivity index (χ3n) is 12.1. The fourth-order valence-electron chi connectivity index (χ4n) is 9.91. The van der Waals surface area contributed by atoms with Gasteiger partial charge in [0.05, 0.1) is 18.8 Å². The Labute approximate surface area is 247 Å². The van der Waals surface area contributed by atoms with Gasteiger partial charge >= 0.3 is 12.1 Å². The number of ether oxygens (including phenoxy) is 2. The minimum absolute atomic E-state index is 0.0218. The highest BCUT2D eigenvalue weighted by Gasteiger charge is 2.62. The zero-order valence-electron chi connectivity index (χ0n) is 24.9. The summed E-state index contributed by atoms with van der Waals surface area (Å²) >= 11 is 0. The van der Waals surface area contributed by atoms with Crippen LogP contribution in [0, 0.1) is 40.4 Å². The molecule has 0 bridgehead atoms. The lowest BCUT2D eigenvalue weighted by atomic mass is 9.46. The van der Waals surface area contributed by atoms with Crippen LogP contribution in [0.5, 0.6) is 0 Å². The summed E-state index contributed by atoms with van der Waals surface area (Å²) in [6, 6.07) is -1.27. The number of carbonyl (C=O) groups is 2. The van der Waals surface area contributed by atoms with Crippen molar-refractivity contribution >= 4 is 12.1 Å². The minimum atomic E-state index is -1.55. The van der Waals surface area contributed by atoms with E-state index in [2.05, 4.69) is 32.2 Å². The number of amides is 1. The highest BCUT2D eigenvalue weighted by molar-refractivity contribution is 5.66. The maximum Gasteiger partial charge on any atom is 0.405 e. The monoisotopic (exact) mass is 595 g/mol. The SMILES string of the molecule is C[C@H](CCC(=O)O)[C@H]1CC[C@H]2[C@@H]3[C@@H](O[C@@H]4O[C@H](CO)[C@@H](O)[C@H](O)[C@H]4NC(=O)O)C=C4C[C@@H](O)CC[C@]4(C)[C@H]3CC[C@]12C. The van der Waals surface area contributed by atoms with Gasteiger partial charge in [0, 0.05) is 6.42 Å². The van der Waals surface area contributed by atoms with E-state index in [1.807, 2.05) is 0 Å². The summed E-state index contributed by atoms with van der Waals surface area (Å²) in [4.78, 5) is 23.0. The summed E-state index contributed by atoms with van der Waals surface area (Å²) in [6.07, 6.45) is 1.23. The highest BCUT2D eigenvalue weighted by atomic mass is 16.7. The molecule has 5 aliphatic rings. The third kappa shape index (κ3) is 5.49. The molecule has 0 radical (unpaired) electrons. The van der Waals surface area contributed by atoms with Gasteiger partial charge in [0.25, 0.3) is 0 Å². The number of carboxylic acids is 1.